The molecule has 1 aliphatic heterocycles. The molecule has 0 unspecified atom stereocenters. The van der Waals surface area contributed by atoms with E-state index in [9.17, 15) is 13.6 Å². The lowest BCUT2D eigenvalue weighted by Crippen LogP contribution is -2.41. The number of hydrogen-bond acceptors (Lipinski definition) is 2. The first-order chi connectivity index (χ1) is 13.2. The number of carbonyl (C=O) groups is 1. The Labute approximate surface area is 162 Å². The topological polar surface area (TPSA) is 34.5 Å². The molecule has 0 radical (unpaired) electrons. The van der Waals surface area contributed by atoms with Gasteiger partial charge in [-0.2, -0.15) is 0 Å². The number of rotatable bonds is 1. The van der Waals surface area contributed by atoms with E-state index in [0.717, 1.165) is 11.0 Å². The Kier molecular flexibility index (Phi) is 4.37. The van der Waals surface area contributed by atoms with Crippen LogP contribution >= 0.6 is 0 Å². The minimum Gasteiger partial charge on any atom is -0.444 e. The molecule has 2 heterocycles. The van der Waals surface area contributed by atoms with Crippen LogP contribution in [0.25, 0.3) is 21.8 Å². The molecule has 1 aromatic heterocycles. The number of halogens is 2. The average molecular weight is 384 g/mol. The highest BCUT2D eigenvalue weighted by molar-refractivity contribution is 6.08. The zero-order valence-electron chi connectivity index (χ0n) is 16.1. The molecule has 4 rings (SSSR count). The van der Waals surface area contributed by atoms with Crippen molar-refractivity contribution in [1.82, 2.24) is 9.47 Å². The van der Waals surface area contributed by atoms with Gasteiger partial charge in [0.1, 0.15) is 17.2 Å². The van der Waals surface area contributed by atoms with Gasteiger partial charge >= 0.3 is 6.09 Å². The number of aromatic nitrogens is 1. The molecule has 1 amide bonds. The van der Waals surface area contributed by atoms with Gasteiger partial charge in [0.25, 0.3) is 0 Å². The van der Waals surface area contributed by atoms with Gasteiger partial charge in [-0.15, -0.1) is 0 Å². The second-order valence-electron chi connectivity index (χ2n) is 8.07. The molecular weight excluding hydrogens is 362 g/mol. The lowest BCUT2D eigenvalue weighted by atomic mass is 10.1. The molecular formula is C22H22F2N2O2. The summed E-state index contributed by atoms with van der Waals surface area (Å²) in [6.45, 7) is 6.37. The van der Waals surface area contributed by atoms with Crippen LogP contribution in [0.2, 0.25) is 0 Å². The second kappa shape index (κ2) is 6.62. The number of ether oxygens (including phenoxy) is 1. The molecule has 2 aromatic carbocycles. The summed E-state index contributed by atoms with van der Waals surface area (Å²) in [5.74, 6) is -0.740. The Bertz CT molecular complexity index is 1040. The number of carbonyl (C=O) groups excluding carboxylic acids is 1. The van der Waals surface area contributed by atoms with Gasteiger partial charge in [-0.25, -0.2) is 13.6 Å². The molecule has 28 heavy (non-hydrogen) atoms. The van der Waals surface area contributed by atoms with E-state index in [1.807, 2.05) is 37.5 Å². The summed E-state index contributed by atoms with van der Waals surface area (Å²) < 4.78 is 35.2. The summed E-state index contributed by atoms with van der Waals surface area (Å²) in [7, 11) is 0. The Hall–Kier alpha value is -2.89. The fourth-order valence-electron chi connectivity index (χ4n) is 3.70. The number of hydrogen-bond donors (Lipinski definition) is 0. The summed E-state index contributed by atoms with van der Waals surface area (Å²) in [6, 6.07) is 8.86. The summed E-state index contributed by atoms with van der Waals surface area (Å²) in [5, 5.41) is 1.30. The maximum atomic E-state index is 13.9. The highest BCUT2D eigenvalue weighted by Crippen LogP contribution is 2.34. The molecule has 146 valence electrons. The van der Waals surface area contributed by atoms with Crippen molar-refractivity contribution in [1.29, 1.82) is 0 Å². The molecule has 4 nitrogen and oxygen atoms in total. The predicted octanol–water partition coefficient (Wildman–Crippen LogP) is 5.42. The molecule has 0 spiro atoms. The first-order valence-corrected chi connectivity index (χ1v) is 9.26. The van der Waals surface area contributed by atoms with Crippen molar-refractivity contribution in [3.8, 4) is 0 Å². The number of amides is 1. The van der Waals surface area contributed by atoms with Crippen LogP contribution in [0, 0.1) is 11.6 Å². The van der Waals surface area contributed by atoms with E-state index in [1.165, 1.54) is 24.3 Å². The first kappa shape index (κ1) is 18.5. The van der Waals surface area contributed by atoms with Crippen molar-refractivity contribution in [2.45, 2.75) is 32.4 Å². The highest BCUT2D eigenvalue weighted by atomic mass is 19.1. The van der Waals surface area contributed by atoms with Crippen molar-refractivity contribution >= 4 is 27.9 Å². The molecule has 0 fully saturated rings. The van der Waals surface area contributed by atoms with Crippen LogP contribution in [0.4, 0.5) is 13.6 Å². The van der Waals surface area contributed by atoms with E-state index in [-0.39, 0.29) is 23.8 Å². The zero-order chi connectivity index (χ0) is 20.1. The van der Waals surface area contributed by atoms with Gasteiger partial charge in [0.05, 0.1) is 6.04 Å². The van der Waals surface area contributed by atoms with Gasteiger partial charge in [0.15, 0.2) is 0 Å². The summed E-state index contributed by atoms with van der Waals surface area (Å²) in [6.07, 6.45) is 3.56. The predicted molar refractivity (Wildman–Crippen MR) is 105 cm³/mol. The smallest absolute Gasteiger partial charge is 0.410 e. The average Bonchev–Trinajstić information content (AvgIpc) is 2.93. The molecule has 0 bridgehead atoms. The van der Waals surface area contributed by atoms with Crippen LogP contribution in [0.3, 0.4) is 0 Å². The molecule has 1 atom stereocenters. The minimum atomic E-state index is -0.574. The third kappa shape index (κ3) is 3.35. The Morgan fingerprint density at radius 2 is 1.61 bits per heavy atom. The van der Waals surface area contributed by atoms with Gasteiger partial charge in [0, 0.05) is 34.9 Å². The van der Waals surface area contributed by atoms with E-state index in [2.05, 4.69) is 0 Å². The first-order valence-electron chi connectivity index (χ1n) is 9.26. The third-order valence-electron chi connectivity index (χ3n) is 4.80. The SMILES string of the molecule is CC(C)(C)OC(=O)N1CC=C[C@@H](n2c3ccc(F)cc3c3cc(F)ccc32)C1. The zero-order valence-corrected chi connectivity index (χ0v) is 16.1. The summed E-state index contributed by atoms with van der Waals surface area (Å²) in [5.41, 5.74) is 1.01. The fraction of sp³-hybridized carbons (Fsp3) is 0.318. The van der Waals surface area contributed by atoms with Crippen LogP contribution in [-0.4, -0.2) is 34.3 Å². The van der Waals surface area contributed by atoms with Crippen LogP contribution in [0.1, 0.15) is 26.8 Å². The monoisotopic (exact) mass is 384 g/mol. The summed E-state index contributed by atoms with van der Waals surface area (Å²) in [4.78, 5) is 14.1. The van der Waals surface area contributed by atoms with Crippen LogP contribution in [0.5, 0.6) is 0 Å². The standard InChI is InChI=1S/C22H22F2N2O2/c1-22(2,3)28-21(27)25-10-4-5-16(13-25)26-19-8-6-14(23)11-17(19)18-12-15(24)7-9-20(18)26/h4-9,11-12,16H,10,13H2,1-3H3/t16-/m1/s1. The number of benzene rings is 2. The van der Waals surface area contributed by atoms with Crippen LogP contribution < -0.4 is 0 Å². The molecule has 0 N–H and O–H groups in total. The van der Waals surface area contributed by atoms with Crippen molar-refractivity contribution in [3.05, 3.63) is 60.2 Å². The fourth-order valence-corrected chi connectivity index (χ4v) is 3.70. The van der Waals surface area contributed by atoms with E-state index < -0.39 is 5.60 Å². The van der Waals surface area contributed by atoms with Crippen molar-refractivity contribution < 1.29 is 18.3 Å². The Balaban J connectivity index is 1.79. The van der Waals surface area contributed by atoms with Crippen molar-refractivity contribution in [2.24, 2.45) is 0 Å². The second-order valence-corrected chi connectivity index (χ2v) is 8.07. The quantitative estimate of drug-likeness (QED) is 0.525. The van der Waals surface area contributed by atoms with Gasteiger partial charge in [-0.05, 0) is 57.2 Å². The van der Waals surface area contributed by atoms with Gasteiger partial charge in [-0.1, -0.05) is 12.2 Å². The number of fused-ring (bicyclic) bond motifs is 3. The molecule has 6 heteroatoms. The van der Waals surface area contributed by atoms with E-state index >= 15 is 0 Å². The maximum Gasteiger partial charge on any atom is 0.410 e. The largest absolute Gasteiger partial charge is 0.444 e. The molecule has 0 saturated heterocycles. The molecule has 0 saturated carbocycles. The van der Waals surface area contributed by atoms with Crippen molar-refractivity contribution in [3.63, 3.8) is 0 Å². The highest BCUT2D eigenvalue weighted by Gasteiger charge is 2.27. The van der Waals surface area contributed by atoms with E-state index in [0.29, 0.717) is 23.9 Å². The molecule has 3 aromatic rings. The van der Waals surface area contributed by atoms with Gasteiger partial charge in [0.2, 0.25) is 0 Å². The van der Waals surface area contributed by atoms with Crippen molar-refractivity contribution in [2.75, 3.05) is 13.1 Å². The molecule has 1 aliphatic rings. The minimum absolute atomic E-state index is 0.169. The normalized spacial score (nSPS) is 17.5. The lowest BCUT2D eigenvalue weighted by Gasteiger charge is -2.32. The summed E-state index contributed by atoms with van der Waals surface area (Å²) >= 11 is 0. The molecule has 0 aliphatic carbocycles. The van der Waals surface area contributed by atoms with Crippen LogP contribution in [-0.2, 0) is 4.74 Å². The maximum absolute atomic E-state index is 13.9. The van der Waals surface area contributed by atoms with E-state index in [1.54, 1.807) is 17.0 Å². The van der Waals surface area contributed by atoms with Gasteiger partial charge in [-0.3, -0.25) is 0 Å². The third-order valence-corrected chi connectivity index (χ3v) is 4.80. The Morgan fingerprint density at radius 1 is 1.04 bits per heavy atom. The Morgan fingerprint density at radius 3 is 2.14 bits per heavy atom. The van der Waals surface area contributed by atoms with Crippen LogP contribution in [0.15, 0.2) is 48.6 Å². The lowest BCUT2D eigenvalue weighted by molar-refractivity contribution is 0.0249. The van der Waals surface area contributed by atoms with Gasteiger partial charge < -0.3 is 14.2 Å². The van der Waals surface area contributed by atoms with E-state index in [4.69, 9.17) is 4.74 Å². The number of nitrogens with zero attached hydrogens (tertiary/aromatic N) is 2.